The molecular weight excluding hydrogens is 176 g/mol. The fraction of sp³-hybridized carbons (Fsp3) is 0.750. The average Bonchev–Trinajstić information content (AvgIpc) is 2.29. The van der Waals surface area contributed by atoms with E-state index < -0.39 is 0 Å². The van der Waals surface area contributed by atoms with Gasteiger partial charge in [0.05, 0.1) is 6.61 Å². The molecule has 1 aliphatic carbocycles. The molecule has 0 aromatic rings. The molecule has 2 heteroatoms. The number of ketones is 1. The van der Waals surface area contributed by atoms with E-state index >= 15 is 0 Å². The van der Waals surface area contributed by atoms with Gasteiger partial charge in [-0.3, -0.25) is 4.79 Å². The van der Waals surface area contributed by atoms with Gasteiger partial charge in [-0.2, -0.15) is 0 Å². The summed E-state index contributed by atoms with van der Waals surface area (Å²) in [5.41, 5.74) is 0.825. The Morgan fingerprint density at radius 2 is 1.86 bits per heavy atom. The van der Waals surface area contributed by atoms with Gasteiger partial charge in [0.2, 0.25) is 0 Å². The molecule has 2 atom stereocenters. The van der Waals surface area contributed by atoms with Gasteiger partial charge >= 0.3 is 0 Å². The molecule has 14 heavy (non-hydrogen) atoms. The molecule has 0 heterocycles. The molecule has 0 radical (unpaired) electrons. The number of carbonyl (C=O) groups is 1. The zero-order valence-corrected chi connectivity index (χ0v) is 9.76. The Balaban J connectivity index is 2.71. The van der Waals surface area contributed by atoms with Crippen LogP contribution in [-0.4, -0.2) is 12.4 Å². The van der Waals surface area contributed by atoms with Gasteiger partial charge in [-0.05, 0) is 12.8 Å². The molecule has 0 fully saturated rings. The summed E-state index contributed by atoms with van der Waals surface area (Å²) < 4.78 is 5.69. The summed E-state index contributed by atoms with van der Waals surface area (Å²) >= 11 is 0. The molecule has 0 aromatic heterocycles. The van der Waals surface area contributed by atoms with Crippen molar-refractivity contribution >= 4 is 5.78 Å². The summed E-state index contributed by atoms with van der Waals surface area (Å²) in [5, 5.41) is 0. The van der Waals surface area contributed by atoms with Crippen LogP contribution in [0.5, 0.6) is 0 Å². The minimum atomic E-state index is 0.0946. The molecule has 1 aliphatic rings. The Labute approximate surface area is 86.3 Å². The Hall–Kier alpha value is -0.790. The van der Waals surface area contributed by atoms with Gasteiger partial charge < -0.3 is 4.74 Å². The fourth-order valence-electron chi connectivity index (χ4n) is 1.75. The highest BCUT2D eigenvalue weighted by Gasteiger charge is 2.35. The van der Waals surface area contributed by atoms with Gasteiger partial charge in [0.25, 0.3) is 0 Å². The van der Waals surface area contributed by atoms with E-state index in [2.05, 4.69) is 20.8 Å². The molecular formula is C12H20O2. The highest BCUT2D eigenvalue weighted by molar-refractivity contribution is 5.99. The third-order valence-corrected chi connectivity index (χ3v) is 2.89. The molecule has 0 saturated heterocycles. The zero-order chi connectivity index (χ0) is 10.9. The lowest BCUT2D eigenvalue weighted by Crippen LogP contribution is -2.12. The van der Waals surface area contributed by atoms with Gasteiger partial charge in [-0.15, -0.1) is 0 Å². The monoisotopic (exact) mass is 196 g/mol. The third-order valence-electron chi connectivity index (χ3n) is 2.89. The molecule has 0 saturated carbocycles. The van der Waals surface area contributed by atoms with E-state index in [1.807, 2.05) is 13.8 Å². The van der Waals surface area contributed by atoms with Crippen LogP contribution in [0.25, 0.3) is 0 Å². The van der Waals surface area contributed by atoms with Crippen LogP contribution in [0.3, 0.4) is 0 Å². The van der Waals surface area contributed by atoms with Crippen molar-refractivity contribution in [3.8, 4) is 0 Å². The highest BCUT2D eigenvalue weighted by Crippen LogP contribution is 2.34. The molecule has 80 valence electrons. The molecule has 0 N–H and O–H groups in total. The summed E-state index contributed by atoms with van der Waals surface area (Å²) in [5.74, 6) is 2.01. The maximum absolute atomic E-state index is 11.6. The first-order chi connectivity index (χ1) is 6.45. The first-order valence-electron chi connectivity index (χ1n) is 5.33. The largest absolute Gasteiger partial charge is 0.497 e. The molecule has 0 amide bonds. The number of hydrogen-bond acceptors (Lipinski definition) is 2. The van der Waals surface area contributed by atoms with Crippen molar-refractivity contribution < 1.29 is 9.53 Å². The number of hydrogen-bond donors (Lipinski definition) is 0. The Morgan fingerprint density at radius 3 is 2.21 bits per heavy atom. The summed E-state index contributed by atoms with van der Waals surface area (Å²) in [6.07, 6.45) is 0. The van der Waals surface area contributed by atoms with Crippen LogP contribution in [-0.2, 0) is 9.53 Å². The molecule has 2 nitrogen and oxygen atoms in total. The Kier molecular flexibility index (Phi) is 3.35. The molecule has 0 spiro atoms. The molecule has 0 aromatic carbocycles. The van der Waals surface area contributed by atoms with Crippen molar-refractivity contribution in [1.82, 2.24) is 0 Å². The molecule has 2 unspecified atom stereocenters. The second-order valence-corrected chi connectivity index (χ2v) is 4.64. The van der Waals surface area contributed by atoms with Crippen LogP contribution >= 0.6 is 0 Å². The Morgan fingerprint density at radius 1 is 1.29 bits per heavy atom. The number of carbonyl (C=O) groups excluding carboxylic acids is 1. The predicted molar refractivity (Wildman–Crippen MR) is 56.8 cm³/mol. The van der Waals surface area contributed by atoms with E-state index in [1.165, 1.54) is 0 Å². The lowest BCUT2D eigenvalue weighted by Gasteiger charge is -2.15. The van der Waals surface area contributed by atoms with Gasteiger partial charge in [-0.1, -0.05) is 27.7 Å². The van der Waals surface area contributed by atoms with Crippen molar-refractivity contribution in [3.63, 3.8) is 0 Å². The van der Waals surface area contributed by atoms with Crippen LogP contribution in [0.15, 0.2) is 11.3 Å². The van der Waals surface area contributed by atoms with Crippen molar-refractivity contribution in [1.29, 1.82) is 0 Å². The first-order valence-corrected chi connectivity index (χ1v) is 5.33. The van der Waals surface area contributed by atoms with E-state index in [4.69, 9.17) is 4.74 Å². The van der Waals surface area contributed by atoms with Crippen LogP contribution in [0.1, 0.15) is 34.6 Å². The number of rotatable bonds is 3. The smallest absolute Gasteiger partial charge is 0.165 e. The van der Waals surface area contributed by atoms with Gasteiger partial charge in [-0.25, -0.2) is 0 Å². The quantitative estimate of drug-likeness (QED) is 0.693. The van der Waals surface area contributed by atoms with Crippen molar-refractivity contribution in [3.05, 3.63) is 11.3 Å². The van der Waals surface area contributed by atoms with Crippen LogP contribution < -0.4 is 0 Å². The van der Waals surface area contributed by atoms with Crippen molar-refractivity contribution in [2.24, 2.45) is 17.8 Å². The molecule has 0 aliphatic heterocycles. The maximum Gasteiger partial charge on any atom is 0.165 e. The van der Waals surface area contributed by atoms with E-state index in [1.54, 1.807) is 0 Å². The minimum absolute atomic E-state index is 0.0946. The second-order valence-electron chi connectivity index (χ2n) is 4.64. The minimum Gasteiger partial charge on any atom is -0.497 e. The Bertz CT molecular complexity index is 263. The number of allylic oxidation sites excluding steroid dienone is 2. The van der Waals surface area contributed by atoms with E-state index in [-0.39, 0.29) is 17.6 Å². The van der Waals surface area contributed by atoms with E-state index in [0.29, 0.717) is 12.5 Å². The fourth-order valence-corrected chi connectivity index (χ4v) is 1.75. The summed E-state index contributed by atoms with van der Waals surface area (Å²) in [7, 11) is 0. The number of Topliss-reactive ketones (excluding diaryl/α,β-unsaturated/α-hetero) is 1. The van der Waals surface area contributed by atoms with Gasteiger partial charge in [0.15, 0.2) is 5.78 Å². The summed E-state index contributed by atoms with van der Waals surface area (Å²) in [6.45, 7) is 10.8. The highest BCUT2D eigenvalue weighted by atomic mass is 16.5. The normalized spacial score (nSPS) is 27.7. The summed E-state index contributed by atoms with van der Waals surface area (Å²) in [4.78, 5) is 11.6. The zero-order valence-electron chi connectivity index (χ0n) is 9.76. The van der Waals surface area contributed by atoms with Gasteiger partial charge in [0.1, 0.15) is 5.76 Å². The van der Waals surface area contributed by atoms with Crippen LogP contribution in [0, 0.1) is 17.8 Å². The van der Waals surface area contributed by atoms with Crippen LogP contribution in [0.4, 0.5) is 0 Å². The topological polar surface area (TPSA) is 26.3 Å². The van der Waals surface area contributed by atoms with Crippen LogP contribution in [0.2, 0.25) is 0 Å². The maximum atomic E-state index is 11.6. The van der Waals surface area contributed by atoms with E-state index in [9.17, 15) is 4.79 Å². The second kappa shape index (κ2) is 4.16. The lowest BCUT2D eigenvalue weighted by atomic mass is 9.98. The van der Waals surface area contributed by atoms with Crippen molar-refractivity contribution in [2.75, 3.05) is 6.61 Å². The lowest BCUT2D eigenvalue weighted by molar-refractivity contribution is -0.118. The third kappa shape index (κ3) is 1.99. The molecule has 1 rings (SSSR count). The molecule has 0 bridgehead atoms. The standard InChI is InChI=1S/C12H20O2/c1-7(2)6-14-12-9(4)8(3)11(13)10(12)5/h7-9H,6H2,1-5H3. The predicted octanol–water partition coefficient (Wildman–Crippen LogP) is 2.79. The average molecular weight is 196 g/mol. The van der Waals surface area contributed by atoms with Crippen molar-refractivity contribution in [2.45, 2.75) is 34.6 Å². The van der Waals surface area contributed by atoms with Gasteiger partial charge in [0, 0.05) is 17.4 Å². The first kappa shape index (κ1) is 11.3. The van der Waals surface area contributed by atoms with E-state index in [0.717, 1.165) is 11.3 Å². The number of ether oxygens (including phenoxy) is 1. The SMILES string of the molecule is CC1=C(OCC(C)C)C(C)C(C)C1=O. The summed E-state index contributed by atoms with van der Waals surface area (Å²) in [6, 6.07) is 0.